The third-order valence-corrected chi connectivity index (χ3v) is 1.37. The molecule has 0 amide bonds. The molecular formula is C9H13N3. The van der Waals surface area contributed by atoms with Crippen molar-refractivity contribution in [2.45, 2.75) is 6.92 Å². The normalized spacial score (nSPS) is 11.2. The van der Waals surface area contributed by atoms with Crippen LogP contribution in [-0.4, -0.2) is 12.5 Å². The maximum atomic E-state index is 5.56. The first-order valence-corrected chi connectivity index (χ1v) is 3.95. The maximum Gasteiger partial charge on any atom is 0.193 e. The van der Waals surface area contributed by atoms with Crippen molar-refractivity contribution in [3.8, 4) is 0 Å². The van der Waals surface area contributed by atoms with Crippen LogP contribution in [-0.2, 0) is 0 Å². The second-order valence-corrected chi connectivity index (χ2v) is 2.35. The maximum absolute atomic E-state index is 5.56. The molecule has 0 saturated heterocycles. The first-order chi connectivity index (χ1) is 5.83. The number of hydrogen-bond donors (Lipinski definition) is 2. The second kappa shape index (κ2) is 4.38. The zero-order chi connectivity index (χ0) is 8.81. The largest absolute Gasteiger partial charge is 0.370 e. The number of nitrogens with one attached hydrogen (secondary N) is 1. The van der Waals surface area contributed by atoms with Crippen molar-refractivity contribution < 1.29 is 0 Å². The number of hydrogen-bond acceptors (Lipinski definition) is 1. The Labute approximate surface area is 72.3 Å². The third-order valence-electron chi connectivity index (χ3n) is 1.37. The van der Waals surface area contributed by atoms with E-state index in [1.807, 2.05) is 37.3 Å². The first-order valence-electron chi connectivity index (χ1n) is 3.95. The number of anilines is 1. The highest BCUT2D eigenvalue weighted by atomic mass is 15.1. The highest BCUT2D eigenvalue weighted by Gasteiger charge is 1.90. The predicted octanol–water partition coefficient (Wildman–Crippen LogP) is 1.43. The van der Waals surface area contributed by atoms with Gasteiger partial charge in [0.15, 0.2) is 5.96 Å². The molecule has 0 aliphatic rings. The summed E-state index contributed by atoms with van der Waals surface area (Å²) in [5.74, 6) is 0.462. The van der Waals surface area contributed by atoms with Crippen LogP contribution >= 0.6 is 0 Å². The quantitative estimate of drug-likeness (QED) is 0.512. The van der Waals surface area contributed by atoms with E-state index in [0.29, 0.717) is 12.5 Å². The molecule has 0 aliphatic carbocycles. The predicted molar refractivity (Wildman–Crippen MR) is 52.2 cm³/mol. The van der Waals surface area contributed by atoms with Gasteiger partial charge >= 0.3 is 0 Å². The Bertz CT molecular complexity index is 254. The number of para-hydroxylation sites is 1. The molecule has 12 heavy (non-hydrogen) atoms. The molecule has 3 nitrogen and oxygen atoms in total. The van der Waals surface area contributed by atoms with Gasteiger partial charge in [-0.05, 0) is 19.1 Å². The van der Waals surface area contributed by atoms with E-state index in [1.54, 1.807) is 0 Å². The van der Waals surface area contributed by atoms with Crippen LogP contribution in [0.5, 0.6) is 0 Å². The van der Waals surface area contributed by atoms with Crippen LogP contribution < -0.4 is 11.1 Å². The molecule has 0 aromatic heterocycles. The molecule has 0 aliphatic heterocycles. The van der Waals surface area contributed by atoms with Crippen molar-refractivity contribution in [2.75, 3.05) is 11.9 Å². The summed E-state index contributed by atoms with van der Waals surface area (Å²) in [6, 6.07) is 9.73. The van der Waals surface area contributed by atoms with Gasteiger partial charge in [0.25, 0.3) is 0 Å². The molecule has 64 valence electrons. The van der Waals surface area contributed by atoms with Gasteiger partial charge in [-0.2, -0.15) is 0 Å². The fourth-order valence-electron chi connectivity index (χ4n) is 0.879. The van der Waals surface area contributed by atoms with Crippen molar-refractivity contribution in [3.63, 3.8) is 0 Å². The summed E-state index contributed by atoms with van der Waals surface area (Å²) < 4.78 is 0. The van der Waals surface area contributed by atoms with Crippen molar-refractivity contribution in [2.24, 2.45) is 10.7 Å². The van der Waals surface area contributed by atoms with Crippen molar-refractivity contribution in [1.82, 2.24) is 0 Å². The minimum absolute atomic E-state index is 0.462. The van der Waals surface area contributed by atoms with E-state index >= 15 is 0 Å². The van der Waals surface area contributed by atoms with Gasteiger partial charge in [0.2, 0.25) is 0 Å². The highest BCUT2D eigenvalue weighted by Crippen LogP contribution is 2.03. The molecular weight excluding hydrogens is 150 g/mol. The van der Waals surface area contributed by atoms with E-state index in [-0.39, 0.29) is 0 Å². The Hall–Kier alpha value is -1.51. The second-order valence-electron chi connectivity index (χ2n) is 2.35. The lowest BCUT2D eigenvalue weighted by Gasteiger charge is -2.03. The van der Waals surface area contributed by atoms with Crippen LogP contribution in [0.2, 0.25) is 0 Å². The number of nitrogens with two attached hydrogens (primary N) is 1. The van der Waals surface area contributed by atoms with Crippen LogP contribution in [0.15, 0.2) is 35.3 Å². The zero-order valence-corrected chi connectivity index (χ0v) is 7.12. The topological polar surface area (TPSA) is 50.4 Å². The fraction of sp³-hybridized carbons (Fsp3) is 0.222. The lowest BCUT2D eigenvalue weighted by molar-refractivity contribution is 1.12. The zero-order valence-electron chi connectivity index (χ0n) is 7.12. The van der Waals surface area contributed by atoms with Gasteiger partial charge in [0.1, 0.15) is 0 Å². The lowest BCUT2D eigenvalue weighted by Crippen LogP contribution is -2.22. The molecule has 1 aromatic carbocycles. The summed E-state index contributed by atoms with van der Waals surface area (Å²) in [5, 5.41) is 2.97. The summed E-state index contributed by atoms with van der Waals surface area (Å²) in [7, 11) is 0. The molecule has 0 unspecified atom stereocenters. The molecule has 3 heteroatoms. The number of nitrogens with zero attached hydrogens (tertiary/aromatic N) is 1. The Morgan fingerprint density at radius 2 is 2.08 bits per heavy atom. The van der Waals surface area contributed by atoms with Crippen LogP contribution in [0.4, 0.5) is 5.69 Å². The summed E-state index contributed by atoms with van der Waals surface area (Å²) >= 11 is 0. The lowest BCUT2D eigenvalue weighted by atomic mass is 10.3. The SMILES string of the molecule is CCN=C(N)Nc1ccccc1. The van der Waals surface area contributed by atoms with Crippen LogP contribution in [0.1, 0.15) is 6.92 Å². The molecule has 3 N–H and O–H groups in total. The molecule has 0 fully saturated rings. The van der Waals surface area contributed by atoms with E-state index in [1.165, 1.54) is 0 Å². The van der Waals surface area contributed by atoms with Crippen molar-refractivity contribution in [3.05, 3.63) is 30.3 Å². The van der Waals surface area contributed by atoms with E-state index in [4.69, 9.17) is 5.73 Å². The smallest absolute Gasteiger partial charge is 0.193 e. The summed E-state index contributed by atoms with van der Waals surface area (Å²) in [5.41, 5.74) is 6.52. The number of benzene rings is 1. The van der Waals surface area contributed by atoms with Gasteiger partial charge in [-0.25, -0.2) is 0 Å². The minimum atomic E-state index is 0.462. The summed E-state index contributed by atoms with van der Waals surface area (Å²) in [6.45, 7) is 2.64. The van der Waals surface area contributed by atoms with Gasteiger partial charge in [0.05, 0.1) is 0 Å². The van der Waals surface area contributed by atoms with E-state index in [9.17, 15) is 0 Å². The monoisotopic (exact) mass is 163 g/mol. The third kappa shape index (κ3) is 2.62. The van der Waals surface area contributed by atoms with E-state index < -0.39 is 0 Å². The van der Waals surface area contributed by atoms with Gasteiger partial charge in [-0.15, -0.1) is 0 Å². The van der Waals surface area contributed by atoms with E-state index in [2.05, 4.69) is 10.3 Å². The molecule has 0 bridgehead atoms. The van der Waals surface area contributed by atoms with Gasteiger partial charge < -0.3 is 11.1 Å². The Morgan fingerprint density at radius 3 is 2.67 bits per heavy atom. The molecule has 0 atom stereocenters. The molecule has 0 spiro atoms. The summed E-state index contributed by atoms with van der Waals surface area (Å²) in [4.78, 5) is 4.00. The van der Waals surface area contributed by atoms with Gasteiger partial charge in [-0.1, -0.05) is 18.2 Å². The molecule has 1 rings (SSSR count). The Balaban J connectivity index is 2.58. The van der Waals surface area contributed by atoms with Crippen molar-refractivity contribution >= 4 is 11.6 Å². The standard InChI is InChI=1S/C9H13N3/c1-2-11-9(10)12-8-6-4-3-5-7-8/h3-7H,2H2,1H3,(H3,10,11,12). The highest BCUT2D eigenvalue weighted by molar-refractivity contribution is 5.92. The van der Waals surface area contributed by atoms with Crippen LogP contribution in [0.3, 0.4) is 0 Å². The number of guanidine groups is 1. The van der Waals surface area contributed by atoms with Crippen LogP contribution in [0, 0.1) is 0 Å². The Kier molecular flexibility index (Phi) is 3.14. The fourth-order valence-corrected chi connectivity index (χ4v) is 0.879. The molecule has 0 saturated carbocycles. The molecule has 0 heterocycles. The summed E-state index contributed by atoms with van der Waals surface area (Å²) in [6.07, 6.45) is 0. The number of rotatable bonds is 2. The average Bonchev–Trinajstić information content (AvgIpc) is 2.06. The number of aliphatic imine (C=N–C) groups is 1. The van der Waals surface area contributed by atoms with Crippen LogP contribution in [0.25, 0.3) is 0 Å². The van der Waals surface area contributed by atoms with E-state index in [0.717, 1.165) is 5.69 Å². The van der Waals surface area contributed by atoms with Gasteiger partial charge in [-0.3, -0.25) is 4.99 Å². The molecule has 0 radical (unpaired) electrons. The minimum Gasteiger partial charge on any atom is -0.370 e. The molecule has 1 aromatic rings. The van der Waals surface area contributed by atoms with Crippen molar-refractivity contribution in [1.29, 1.82) is 0 Å². The first kappa shape index (κ1) is 8.59. The average molecular weight is 163 g/mol. The van der Waals surface area contributed by atoms with Gasteiger partial charge in [0, 0.05) is 12.2 Å². The Morgan fingerprint density at radius 1 is 1.42 bits per heavy atom.